The minimum Gasteiger partial charge on any atom is -0.497 e. The van der Waals surface area contributed by atoms with Gasteiger partial charge in [0.1, 0.15) is 11.5 Å². The van der Waals surface area contributed by atoms with Crippen molar-refractivity contribution >= 4 is 11.8 Å². The number of nitrogens with zero attached hydrogens (tertiary/aromatic N) is 1. The highest BCUT2D eigenvalue weighted by Crippen LogP contribution is 2.23. The topological polar surface area (TPSA) is 67.9 Å². The average Bonchev–Trinajstić information content (AvgIpc) is 2.74. The molecule has 2 aromatic carbocycles. The molecule has 0 atom stereocenters. The number of carbonyl (C=O) groups excluding carboxylic acids is 2. The van der Waals surface area contributed by atoms with Crippen molar-refractivity contribution in [2.45, 2.75) is 18.9 Å². The fourth-order valence-corrected chi connectivity index (χ4v) is 3.20. The molecule has 1 fully saturated rings. The Morgan fingerprint density at radius 3 is 2.07 bits per heavy atom. The van der Waals surface area contributed by atoms with Crippen LogP contribution in [0.4, 0.5) is 0 Å². The van der Waals surface area contributed by atoms with Crippen LogP contribution in [0.15, 0.2) is 48.5 Å². The summed E-state index contributed by atoms with van der Waals surface area (Å²) >= 11 is 0. The summed E-state index contributed by atoms with van der Waals surface area (Å²) in [7, 11) is 3.10. The van der Waals surface area contributed by atoms with E-state index in [4.69, 9.17) is 9.47 Å². The number of benzene rings is 2. The van der Waals surface area contributed by atoms with Crippen molar-refractivity contribution < 1.29 is 19.1 Å². The van der Waals surface area contributed by atoms with E-state index in [1.54, 1.807) is 32.4 Å². The lowest BCUT2D eigenvalue weighted by molar-refractivity contribution is 0.0698. The van der Waals surface area contributed by atoms with Crippen LogP contribution in [0, 0.1) is 0 Å². The van der Waals surface area contributed by atoms with E-state index in [0.717, 1.165) is 12.8 Å². The standard InChI is InChI=1S/C21H24N2O4/c1-26-18-12-16(13-19(14-18)27-2)20(24)22-17-8-10-23(11-9-17)21(25)15-6-4-3-5-7-15/h3-7,12-14,17H,8-11H2,1-2H3,(H,22,24). The van der Waals surface area contributed by atoms with Crippen LogP contribution >= 0.6 is 0 Å². The number of hydrogen-bond acceptors (Lipinski definition) is 4. The second-order valence-electron chi connectivity index (χ2n) is 6.51. The number of methoxy groups -OCH3 is 2. The van der Waals surface area contributed by atoms with Crippen molar-refractivity contribution in [1.29, 1.82) is 0 Å². The minimum atomic E-state index is -0.167. The van der Waals surface area contributed by atoms with Gasteiger partial charge in [-0.25, -0.2) is 0 Å². The van der Waals surface area contributed by atoms with Crippen LogP contribution in [0.25, 0.3) is 0 Å². The Hall–Kier alpha value is -3.02. The van der Waals surface area contributed by atoms with E-state index in [9.17, 15) is 9.59 Å². The molecule has 0 aromatic heterocycles. The molecule has 1 saturated heterocycles. The smallest absolute Gasteiger partial charge is 0.253 e. The fourth-order valence-electron chi connectivity index (χ4n) is 3.20. The quantitative estimate of drug-likeness (QED) is 0.881. The summed E-state index contributed by atoms with van der Waals surface area (Å²) in [6.45, 7) is 1.25. The van der Waals surface area contributed by atoms with Crippen molar-refractivity contribution in [1.82, 2.24) is 10.2 Å². The van der Waals surface area contributed by atoms with Crippen molar-refractivity contribution in [3.63, 3.8) is 0 Å². The normalized spacial score (nSPS) is 14.5. The van der Waals surface area contributed by atoms with Gasteiger partial charge in [-0.2, -0.15) is 0 Å². The van der Waals surface area contributed by atoms with Crippen LogP contribution in [-0.2, 0) is 0 Å². The van der Waals surface area contributed by atoms with Gasteiger partial charge in [0.15, 0.2) is 0 Å². The number of nitrogens with one attached hydrogen (secondary N) is 1. The van der Waals surface area contributed by atoms with Gasteiger partial charge < -0.3 is 19.7 Å². The molecule has 1 aliphatic heterocycles. The van der Waals surface area contributed by atoms with Crippen LogP contribution in [0.3, 0.4) is 0 Å². The maximum absolute atomic E-state index is 12.6. The molecule has 0 saturated carbocycles. The number of hydrogen-bond donors (Lipinski definition) is 1. The van der Waals surface area contributed by atoms with E-state index in [-0.39, 0.29) is 17.9 Å². The van der Waals surface area contributed by atoms with Crippen molar-refractivity contribution in [3.05, 3.63) is 59.7 Å². The highest BCUT2D eigenvalue weighted by atomic mass is 16.5. The zero-order chi connectivity index (χ0) is 19.2. The molecular weight excluding hydrogens is 344 g/mol. The largest absolute Gasteiger partial charge is 0.497 e. The summed E-state index contributed by atoms with van der Waals surface area (Å²) < 4.78 is 10.4. The highest BCUT2D eigenvalue weighted by Gasteiger charge is 2.25. The van der Waals surface area contributed by atoms with E-state index in [0.29, 0.717) is 35.7 Å². The van der Waals surface area contributed by atoms with Gasteiger partial charge >= 0.3 is 0 Å². The van der Waals surface area contributed by atoms with Gasteiger partial charge in [-0.3, -0.25) is 9.59 Å². The van der Waals surface area contributed by atoms with Gasteiger partial charge in [-0.15, -0.1) is 0 Å². The van der Waals surface area contributed by atoms with E-state index in [1.165, 1.54) is 0 Å². The Bertz CT molecular complexity index is 777. The van der Waals surface area contributed by atoms with Crippen molar-refractivity contribution in [2.75, 3.05) is 27.3 Å². The lowest BCUT2D eigenvalue weighted by Crippen LogP contribution is -2.46. The highest BCUT2D eigenvalue weighted by molar-refractivity contribution is 5.95. The lowest BCUT2D eigenvalue weighted by Gasteiger charge is -2.32. The van der Waals surface area contributed by atoms with Gasteiger partial charge in [0, 0.05) is 36.3 Å². The Balaban J connectivity index is 1.57. The SMILES string of the molecule is COc1cc(OC)cc(C(=O)NC2CCN(C(=O)c3ccccc3)CC2)c1. The van der Waals surface area contributed by atoms with Gasteiger partial charge in [-0.1, -0.05) is 18.2 Å². The molecule has 0 radical (unpaired) electrons. The van der Waals surface area contributed by atoms with Gasteiger partial charge in [0.05, 0.1) is 14.2 Å². The molecule has 2 aromatic rings. The second-order valence-corrected chi connectivity index (χ2v) is 6.51. The number of likely N-dealkylation sites (tertiary alicyclic amines) is 1. The third-order valence-electron chi connectivity index (χ3n) is 4.75. The molecule has 6 heteroatoms. The van der Waals surface area contributed by atoms with E-state index in [1.807, 2.05) is 35.2 Å². The molecule has 0 unspecified atom stereocenters. The Morgan fingerprint density at radius 1 is 0.926 bits per heavy atom. The van der Waals surface area contributed by atoms with Gasteiger partial charge in [-0.05, 0) is 37.1 Å². The first-order valence-electron chi connectivity index (χ1n) is 8.99. The molecule has 1 heterocycles. The maximum atomic E-state index is 12.6. The summed E-state index contributed by atoms with van der Waals surface area (Å²) in [5.41, 5.74) is 1.19. The molecule has 1 aliphatic rings. The van der Waals surface area contributed by atoms with Gasteiger partial charge in [0.25, 0.3) is 11.8 Å². The van der Waals surface area contributed by atoms with E-state index in [2.05, 4.69) is 5.32 Å². The third kappa shape index (κ3) is 4.58. The minimum absolute atomic E-state index is 0.0366. The molecular formula is C21H24N2O4. The molecule has 6 nitrogen and oxygen atoms in total. The monoisotopic (exact) mass is 368 g/mol. The third-order valence-corrected chi connectivity index (χ3v) is 4.75. The Kier molecular flexibility index (Phi) is 5.96. The maximum Gasteiger partial charge on any atom is 0.253 e. The van der Waals surface area contributed by atoms with Crippen molar-refractivity contribution in [3.8, 4) is 11.5 Å². The first kappa shape index (κ1) is 18.8. The molecule has 3 rings (SSSR count). The van der Waals surface area contributed by atoms with Crippen LogP contribution in [0.1, 0.15) is 33.6 Å². The molecule has 0 spiro atoms. The van der Waals surface area contributed by atoms with Crippen LogP contribution in [0.5, 0.6) is 11.5 Å². The van der Waals surface area contributed by atoms with E-state index >= 15 is 0 Å². The number of piperidine rings is 1. The zero-order valence-corrected chi connectivity index (χ0v) is 15.6. The zero-order valence-electron chi connectivity index (χ0n) is 15.6. The molecule has 1 N–H and O–H groups in total. The second kappa shape index (κ2) is 8.58. The van der Waals surface area contributed by atoms with Crippen LogP contribution < -0.4 is 14.8 Å². The predicted octanol–water partition coefficient (Wildman–Crippen LogP) is 2.74. The van der Waals surface area contributed by atoms with Gasteiger partial charge in [0.2, 0.25) is 0 Å². The number of amides is 2. The summed E-state index contributed by atoms with van der Waals surface area (Å²) in [6, 6.07) is 14.4. The number of ether oxygens (including phenoxy) is 2. The molecule has 0 aliphatic carbocycles. The Morgan fingerprint density at radius 2 is 1.52 bits per heavy atom. The van der Waals surface area contributed by atoms with Crippen LogP contribution in [-0.4, -0.2) is 50.1 Å². The van der Waals surface area contributed by atoms with Crippen LogP contribution in [0.2, 0.25) is 0 Å². The predicted molar refractivity (Wildman–Crippen MR) is 102 cm³/mol. The lowest BCUT2D eigenvalue weighted by atomic mass is 10.0. The summed E-state index contributed by atoms with van der Waals surface area (Å²) in [5, 5.41) is 3.05. The fraction of sp³-hybridized carbons (Fsp3) is 0.333. The van der Waals surface area contributed by atoms with Crippen molar-refractivity contribution in [2.24, 2.45) is 0 Å². The number of rotatable bonds is 5. The Labute approximate surface area is 159 Å². The van der Waals surface area contributed by atoms with E-state index < -0.39 is 0 Å². The molecule has 2 amide bonds. The summed E-state index contributed by atoms with van der Waals surface area (Å²) in [6.07, 6.45) is 1.46. The molecule has 0 bridgehead atoms. The summed E-state index contributed by atoms with van der Waals surface area (Å²) in [5.74, 6) is 1.02. The first-order valence-corrected chi connectivity index (χ1v) is 8.99. The molecule has 142 valence electrons. The summed E-state index contributed by atoms with van der Waals surface area (Å²) in [4.78, 5) is 26.9. The number of carbonyl (C=O) groups is 2. The molecule has 27 heavy (non-hydrogen) atoms. The first-order chi connectivity index (χ1) is 13.1. The average molecular weight is 368 g/mol.